The summed E-state index contributed by atoms with van der Waals surface area (Å²) in [6.45, 7) is 1.97. The van der Waals surface area contributed by atoms with Crippen molar-refractivity contribution < 1.29 is 18.0 Å². The Bertz CT molecular complexity index is 731. The third-order valence-corrected chi connectivity index (χ3v) is 5.72. The number of rotatable bonds is 2. The van der Waals surface area contributed by atoms with Gasteiger partial charge in [-0.3, -0.25) is 10.1 Å². The lowest BCUT2D eigenvalue weighted by atomic mass is 10.00. The van der Waals surface area contributed by atoms with Crippen LogP contribution in [0.15, 0.2) is 29.2 Å². The molecule has 2 fully saturated rings. The van der Waals surface area contributed by atoms with E-state index in [0.29, 0.717) is 0 Å². The molecule has 7 nitrogen and oxygen atoms in total. The summed E-state index contributed by atoms with van der Waals surface area (Å²) in [5.74, 6) is -0.463. The average Bonchev–Trinajstić information content (AvgIpc) is 2.95. The minimum atomic E-state index is -3.66. The summed E-state index contributed by atoms with van der Waals surface area (Å²) in [4.78, 5) is 23.3. The molecule has 2 N–H and O–H groups in total. The number of imide groups is 1. The molecule has 0 saturated carbocycles. The summed E-state index contributed by atoms with van der Waals surface area (Å²) in [5.41, 5.74) is -0.287. The molecule has 2 saturated heterocycles. The number of carbonyl (C=O) groups excluding carboxylic acids is 2. The van der Waals surface area contributed by atoms with Crippen LogP contribution < -0.4 is 10.6 Å². The van der Waals surface area contributed by atoms with Crippen LogP contribution in [0.4, 0.5) is 4.79 Å². The van der Waals surface area contributed by atoms with Crippen LogP contribution in [0.3, 0.4) is 0 Å². The lowest BCUT2D eigenvalue weighted by Crippen LogP contribution is -2.49. The highest BCUT2D eigenvalue weighted by molar-refractivity contribution is 7.89. The maximum absolute atomic E-state index is 12.6. The van der Waals surface area contributed by atoms with Gasteiger partial charge in [-0.25, -0.2) is 13.2 Å². The molecule has 1 aromatic rings. The largest absolute Gasteiger partial charge is 0.322 e. The lowest BCUT2D eigenvalue weighted by Gasteiger charge is -2.21. The number of hydrogen-bond acceptors (Lipinski definition) is 4. The zero-order valence-electron chi connectivity index (χ0n) is 11.4. The van der Waals surface area contributed by atoms with E-state index < -0.39 is 27.5 Å². The summed E-state index contributed by atoms with van der Waals surface area (Å²) >= 11 is 0. The average molecular weight is 309 g/mol. The Balaban J connectivity index is 1.89. The topological polar surface area (TPSA) is 95.6 Å². The molecule has 2 heterocycles. The van der Waals surface area contributed by atoms with Crippen molar-refractivity contribution in [3.05, 3.63) is 29.8 Å². The van der Waals surface area contributed by atoms with Crippen molar-refractivity contribution in [3.8, 4) is 0 Å². The third-order valence-electron chi connectivity index (χ3n) is 3.88. The van der Waals surface area contributed by atoms with Gasteiger partial charge in [-0.1, -0.05) is 12.1 Å². The van der Waals surface area contributed by atoms with E-state index in [1.807, 2.05) is 13.0 Å². The Labute approximate surface area is 122 Å². The van der Waals surface area contributed by atoms with Crippen molar-refractivity contribution >= 4 is 22.0 Å². The molecule has 1 unspecified atom stereocenters. The van der Waals surface area contributed by atoms with Crippen LogP contribution in [-0.4, -0.2) is 43.3 Å². The molecule has 1 atom stereocenters. The lowest BCUT2D eigenvalue weighted by molar-refractivity contribution is -0.123. The second-order valence-corrected chi connectivity index (χ2v) is 7.33. The monoisotopic (exact) mass is 309 g/mol. The van der Waals surface area contributed by atoms with E-state index in [-0.39, 0.29) is 24.4 Å². The fourth-order valence-electron chi connectivity index (χ4n) is 2.72. The standard InChI is InChI=1S/C13H15N3O4S/c1-9-3-2-4-10(7-9)21(19,20)16-6-5-13(8-16)11(17)14-12(18)15-13/h2-4,7H,5-6,8H2,1H3,(H2,14,15,17,18). The highest BCUT2D eigenvalue weighted by Crippen LogP contribution is 2.29. The molecule has 3 amide bonds. The van der Waals surface area contributed by atoms with Gasteiger partial charge in [0.25, 0.3) is 5.91 Å². The predicted octanol–water partition coefficient (Wildman–Crippen LogP) is -0.0324. The number of hydrogen-bond donors (Lipinski definition) is 2. The van der Waals surface area contributed by atoms with Gasteiger partial charge in [0, 0.05) is 13.1 Å². The number of amides is 3. The Morgan fingerprint density at radius 3 is 2.67 bits per heavy atom. The van der Waals surface area contributed by atoms with Gasteiger partial charge in [0.2, 0.25) is 10.0 Å². The van der Waals surface area contributed by atoms with Gasteiger partial charge in [-0.2, -0.15) is 4.31 Å². The highest BCUT2D eigenvalue weighted by atomic mass is 32.2. The van der Waals surface area contributed by atoms with Crippen LogP contribution in [0.5, 0.6) is 0 Å². The molecule has 112 valence electrons. The van der Waals surface area contributed by atoms with E-state index in [9.17, 15) is 18.0 Å². The van der Waals surface area contributed by atoms with E-state index in [1.165, 1.54) is 10.4 Å². The number of aryl methyl sites for hydroxylation is 1. The number of nitrogens with zero attached hydrogens (tertiary/aromatic N) is 1. The molecule has 0 bridgehead atoms. The van der Waals surface area contributed by atoms with Crippen LogP contribution in [0.25, 0.3) is 0 Å². The van der Waals surface area contributed by atoms with Crippen molar-refractivity contribution in [3.63, 3.8) is 0 Å². The number of sulfonamides is 1. The van der Waals surface area contributed by atoms with E-state index in [2.05, 4.69) is 10.6 Å². The van der Waals surface area contributed by atoms with E-state index in [4.69, 9.17) is 0 Å². The molecule has 2 aliphatic rings. The first-order valence-electron chi connectivity index (χ1n) is 6.54. The molecule has 2 aliphatic heterocycles. The molecule has 1 aromatic carbocycles. The van der Waals surface area contributed by atoms with Crippen LogP contribution in [0.1, 0.15) is 12.0 Å². The first kappa shape index (κ1) is 14.0. The molecular weight excluding hydrogens is 294 g/mol. The Hall–Kier alpha value is -1.93. The Morgan fingerprint density at radius 1 is 1.29 bits per heavy atom. The van der Waals surface area contributed by atoms with Gasteiger partial charge >= 0.3 is 6.03 Å². The molecule has 1 spiro atoms. The normalized spacial score (nSPS) is 26.1. The predicted molar refractivity (Wildman–Crippen MR) is 74.0 cm³/mol. The summed E-state index contributed by atoms with van der Waals surface area (Å²) < 4.78 is 26.4. The molecule has 0 radical (unpaired) electrons. The summed E-state index contributed by atoms with van der Waals surface area (Å²) in [7, 11) is -3.66. The highest BCUT2D eigenvalue weighted by Gasteiger charge is 2.53. The van der Waals surface area contributed by atoms with Gasteiger partial charge in [0.1, 0.15) is 5.54 Å². The minimum Gasteiger partial charge on any atom is -0.322 e. The van der Waals surface area contributed by atoms with Gasteiger partial charge in [0.15, 0.2) is 0 Å². The van der Waals surface area contributed by atoms with Gasteiger partial charge < -0.3 is 5.32 Å². The second-order valence-electron chi connectivity index (χ2n) is 5.40. The maximum Gasteiger partial charge on any atom is 0.322 e. The molecule has 8 heteroatoms. The molecule has 21 heavy (non-hydrogen) atoms. The zero-order valence-corrected chi connectivity index (χ0v) is 12.2. The van der Waals surface area contributed by atoms with Crippen LogP contribution in [0, 0.1) is 6.92 Å². The minimum absolute atomic E-state index is 0.0408. The van der Waals surface area contributed by atoms with Crippen LogP contribution in [-0.2, 0) is 14.8 Å². The van der Waals surface area contributed by atoms with Gasteiger partial charge in [0.05, 0.1) is 4.90 Å². The van der Waals surface area contributed by atoms with Gasteiger partial charge in [-0.05, 0) is 31.0 Å². The zero-order chi connectivity index (χ0) is 15.3. The fourth-order valence-corrected chi connectivity index (χ4v) is 4.33. The van der Waals surface area contributed by atoms with E-state index in [0.717, 1.165) is 5.56 Å². The number of nitrogens with one attached hydrogen (secondary N) is 2. The summed E-state index contributed by atoms with van der Waals surface area (Å²) in [6.07, 6.45) is 0.273. The van der Waals surface area contributed by atoms with Crippen molar-refractivity contribution in [2.75, 3.05) is 13.1 Å². The first-order chi connectivity index (χ1) is 9.83. The molecule has 3 rings (SSSR count). The third kappa shape index (κ3) is 2.20. The fraction of sp³-hybridized carbons (Fsp3) is 0.385. The number of carbonyl (C=O) groups is 2. The van der Waals surface area contributed by atoms with E-state index >= 15 is 0 Å². The number of urea groups is 1. The molecular formula is C13H15N3O4S. The summed E-state index contributed by atoms with van der Waals surface area (Å²) in [5, 5.41) is 4.70. The van der Waals surface area contributed by atoms with E-state index in [1.54, 1.807) is 12.1 Å². The Kier molecular flexibility index (Phi) is 3.03. The quantitative estimate of drug-likeness (QED) is 0.750. The molecule has 0 aliphatic carbocycles. The van der Waals surface area contributed by atoms with Crippen molar-refractivity contribution in [1.82, 2.24) is 14.9 Å². The van der Waals surface area contributed by atoms with Crippen LogP contribution in [0.2, 0.25) is 0 Å². The first-order valence-corrected chi connectivity index (χ1v) is 7.98. The molecule has 0 aromatic heterocycles. The van der Waals surface area contributed by atoms with Crippen molar-refractivity contribution in [2.24, 2.45) is 0 Å². The maximum atomic E-state index is 12.6. The van der Waals surface area contributed by atoms with Crippen LogP contribution >= 0.6 is 0 Å². The van der Waals surface area contributed by atoms with Crippen molar-refractivity contribution in [2.45, 2.75) is 23.8 Å². The number of benzene rings is 1. The van der Waals surface area contributed by atoms with Gasteiger partial charge in [-0.15, -0.1) is 0 Å². The SMILES string of the molecule is Cc1cccc(S(=O)(=O)N2CCC3(C2)NC(=O)NC3=O)c1. The summed E-state index contributed by atoms with van der Waals surface area (Å²) in [6, 6.07) is 6.04. The second kappa shape index (κ2) is 4.54. The van der Waals surface area contributed by atoms with Crippen molar-refractivity contribution in [1.29, 1.82) is 0 Å². The smallest absolute Gasteiger partial charge is 0.322 e. The Morgan fingerprint density at radius 2 is 2.05 bits per heavy atom.